The van der Waals surface area contributed by atoms with Crippen LogP contribution in [0.4, 0.5) is 0 Å². The third-order valence-electron chi connectivity index (χ3n) is 14.0. The molecule has 2 aliphatic heterocycles. The Morgan fingerprint density at radius 2 is 1.80 bits per heavy atom. The van der Waals surface area contributed by atoms with E-state index in [4.69, 9.17) is 23.0 Å². The van der Waals surface area contributed by atoms with Crippen molar-refractivity contribution in [3.8, 4) is 11.5 Å². The van der Waals surface area contributed by atoms with Crippen LogP contribution >= 0.6 is 0 Å². The molecule has 11 nitrogen and oxygen atoms in total. The number of aryl methyl sites for hydroxylation is 1. The van der Waals surface area contributed by atoms with Crippen LogP contribution in [0, 0.1) is 40.4 Å². The number of aromatic hydroxyl groups is 1. The maximum absolute atomic E-state index is 14.3. The summed E-state index contributed by atoms with van der Waals surface area (Å²) in [6, 6.07) is 5.06. The molecule has 2 saturated carbocycles. The number of Topliss-reactive ketones (excluding diaryl/α,β-unsaturated/α-hetero) is 1. The van der Waals surface area contributed by atoms with Crippen molar-refractivity contribution in [3.63, 3.8) is 0 Å². The predicted octanol–water partition coefficient (Wildman–Crippen LogP) is 7.20. The number of furan rings is 1. The monoisotopic (exact) mass is 740 g/mol. The number of rotatable bonds is 2. The number of benzene rings is 1. The quantitative estimate of drug-likeness (QED) is 0.202. The van der Waals surface area contributed by atoms with Crippen molar-refractivity contribution in [2.75, 3.05) is 6.61 Å². The minimum atomic E-state index is -1.17. The fraction of sp³-hybridized carbons (Fsp3) is 0.535. The molecular weight excluding hydrogens is 692 g/mol. The van der Waals surface area contributed by atoms with Gasteiger partial charge in [-0.25, -0.2) is 0 Å². The number of hydrogen-bond acceptors (Lipinski definition) is 11. The molecule has 1 spiro atoms. The third kappa shape index (κ3) is 4.62. The van der Waals surface area contributed by atoms with E-state index in [1.807, 2.05) is 19.9 Å². The Bertz CT molecular complexity index is 2240. The topological polar surface area (TPSA) is 166 Å². The number of phenolic OH excluding ortho intramolecular Hbond substituents is 1. The lowest BCUT2D eigenvalue weighted by Gasteiger charge is -2.64. The zero-order chi connectivity index (χ0) is 38.9. The molecule has 286 valence electrons. The third-order valence-corrected chi connectivity index (χ3v) is 14.0. The lowest BCUT2D eigenvalue weighted by molar-refractivity contribution is -0.200. The molecule has 0 radical (unpaired) electrons. The van der Waals surface area contributed by atoms with E-state index in [2.05, 4.69) is 13.8 Å². The molecule has 1 aromatic carbocycles. The minimum absolute atomic E-state index is 0.00958. The second-order valence-corrected chi connectivity index (χ2v) is 17.5. The molecule has 0 bridgehead atoms. The largest absolute Gasteiger partial charge is 0.507 e. The Morgan fingerprint density at radius 1 is 1.06 bits per heavy atom. The molecule has 1 saturated heterocycles. The predicted molar refractivity (Wildman–Crippen MR) is 196 cm³/mol. The first kappa shape index (κ1) is 36.3. The molecule has 3 aromatic rings. The van der Waals surface area contributed by atoms with Gasteiger partial charge in [-0.1, -0.05) is 26.8 Å². The standard InChI is InChI=1S/C28H32O7.C15H16O4/c1-14(29)34-17-12-26(5)16(15-8-10-33-13-15)11-19-28(26,35-19)27(6)21(17)25(4)9-7-18(30)24(2,3)22(25)20(31)23(27)32;1-8-3-4-10-12(18-7-8)6-13-14(15(10)17)11(16)5-9(2)19-13/h7-10,13,16-17,19,21,31H,11-12H2,1-6H3;5-6,8,17H,3-4,7H2,1-2H3. The van der Waals surface area contributed by atoms with E-state index >= 15 is 0 Å². The zero-order valence-corrected chi connectivity index (χ0v) is 32.0. The fourth-order valence-electron chi connectivity index (χ4n) is 11.7. The van der Waals surface area contributed by atoms with Gasteiger partial charge in [-0.3, -0.25) is 19.2 Å². The normalized spacial score (nSPS) is 37.1. The first-order chi connectivity index (χ1) is 25.3. The number of aliphatic hydroxyl groups is 1. The molecule has 3 fully saturated rings. The lowest BCUT2D eigenvalue weighted by atomic mass is 9.38. The van der Waals surface area contributed by atoms with E-state index in [1.54, 1.807) is 51.5 Å². The number of epoxide rings is 1. The summed E-state index contributed by atoms with van der Waals surface area (Å²) < 4.78 is 29.2. The number of carbonyl (C=O) groups is 3. The van der Waals surface area contributed by atoms with Crippen molar-refractivity contribution >= 4 is 28.5 Å². The Kier molecular flexibility index (Phi) is 7.86. The fourth-order valence-corrected chi connectivity index (χ4v) is 11.7. The molecule has 4 aliphatic carbocycles. The average Bonchev–Trinajstić information content (AvgIpc) is 3.54. The summed E-state index contributed by atoms with van der Waals surface area (Å²) in [7, 11) is 0. The van der Waals surface area contributed by atoms with Gasteiger partial charge < -0.3 is 33.3 Å². The maximum Gasteiger partial charge on any atom is 0.302 e. The Balaban J connectivity index is 0.000000183. The van der Waals surface area contributed by atoms with Crippen molar-refractivity contribution in [1.29, 1.82) is 0 Å². The molecule has 9 atom stereocenters. The highest BCUT2D eigenvalue weighted by atomic mass is 16.6. The Hall–Kier alpha value is -4.64. The van der Waals surface area contributed by atoms with E-state index in [1.165, 1.54) is 13.0 Å². The number of aliphatic hydroxyl groups excluding tert-OH is 1. The maximum atomic E-state index is 14.3. The van der Waals surface area contributed by atoms with Crippen LogP contribution < -0.4 is 10.2 Å². The van der Waals surface area contributed by atoms with E-state index in [-0.39, 0.29) is 40.1 Å². The number of phenols is 1. The van der Waals surface area contributed by atoms with E-state index in [9.17, 15) is 29.4 Å². The van der Waals surface area contributed by atoms with Gasteiger partial charge in [0.25, 0.3) is 0 Å². The van der Waals surface area contributed by atoms with Gasteiger partial charge in [0.05, 0.1) is 36.1 Å². The molecule has 0 amide bonds. The van der Waals surface area contributed by atoms with E-state index < -0.39 is 51.0 Å². The van der Waals surface area contributed by atoms with Crippen molar-refractivity contribution in [1.82, 2.24) is 0 Å². The molecule has 4 heterocycles. The zero-order valence-electron chi connectivity index (χ0n) is 32.0. The molecular formula is C43H48O11. The SMILES string of the molecule is CC(=O)OC1CC2(C)C(c3ccoc3)CC3OC32C2(C)C(=O)C(O)=C3C(C)(C)C(=O)C=CC3(C)C12.Cc1cc(=O)c2c(O)c3c(cc2o1)OCC(C)CC3. The van der Waals surface area contributed by atoms with Crippen LogP contribution in [0.3, 0.4) is 0 Å². The Morgan fingerprint density at radius 3 is 2.48 bits per heavy atom. The van der Waals surface area contributed by atoms with Crippen molar-refractivity contribution < 1.29 is 47.6 Å². The average molecular weight is 741 g/mol. The smallest absolute Gasteiger partial charge is 0.302 e. The molecule has 54 heavy (non-hydrogen) atoms. The van der Waals surface area contributed by atoms with Crippen molar-refractivity contribution in [3.05, 3.63) is 81.3 Å². The van der Waals surface area contributed by atoms with Crippen LogP contribution in [-0.2, 0) is 30.3 Å². The van der Waals surface area contributed by atoms with Crippen LogP contribution in [0.5, 0.6) is 11.5 Å². The first-order valence-corrected chi connectivity index (χ1v) is 18.8. The summed E-state index contributed by atoms with van der Waals surface area (Å²) in [5.74, 6) is -0.241. The highest BCUT2D eigenvalue weighted by Gasteiger charge is 2.89. The number of esters is 1. The number of hydrogen-bond donors (Lipinski definition) is 2. The van der Waals surface area contributed by atoms with Crippen LogP contribution in [0.2, 0.25) is 0 Å². The van der Waals surface area contributed by atoms with Crippen LogP contribution in [0.15, 0.2) is 67.8 Å². The van der Waals surface area contributed by atoms with Gasteiger partial charge in [0, 0.05) is 41.4 Å². The summed E-state index contributed by atoms with van der Waals surface area (Å²) >= 11 is 0. The van der Waals surface area contributed by atoms with Gasteiger partial charge >= 0.3 is 5.97 Å². The first-order valence-electron chi connectivity index (χ1n) is 18.8. The van der Waals surface area contributed by atoms with Gasteiger partial charge in [0.2, 0.25) is 5.78 Å². The van der Waals surface area contributed by atoms with E-state index in [0.717, 1.165) is 12.0 Å². The minimum Gasteiger partial charge on any atom is -0.507 e. The molecule has 2 aromatic heterocycles. The van der Waals surface area contributed by atoms with Gasteiger partial charge in [-0.05, 0) is 88.5 Å². The summed E-state index contributed by atoms with van der Waals surface area (Å²) in [5.41, 5.74) is -2.17. The van der Waals surface area contributed by atoms with Crippen LogP contribution in [-0.4, -0.2) is 52.2 Å². The summed E-state index contributed by atoms with van der Waals surface area (Å²) in [6.07, 6.45) is 8.82. The number of ketones is 2. The van der Waals surface area contributed by atoms with Crippen molar-refractivity contribution in [2.45, 2.75) is 105 Å². The summed E-state index contributed by atoms with van der Waals surface area (Å²) in [5, 5.41) is 22.1. The summed E-state index contributed by atoms with van der Waals surface area (Å²) in [6.45, 7) is 15.3. The highest BCUT2D eigenvalue weighted by molar-refractivity contribution is 6.06. The highest BCUT2D eigenvalue weighted by Crippen LogP contribution is 2.81. The molecule has 6 aliphatic rings. The second-order valence-electron chi connectivity index (χ2n) is 17.5. The lowest BCUT2D eigenvalue weighted by Crippen LogP contribution is -2.70. The van der Waals surface area contributed by atoms with Gasteiger partial charge in [0.1, 0.15) is 39.9 Å². The van der Waals surface area contributed by atoms with Gasteiger partial charge in [0.15, 0.2) is 17.0 Å². The van der Waals surface area contributed by atoms with Crippen LogP contribution in [0.25, 0.3) is 11.0 Å². The van der Waals surface area contributed by atoms with Crippen molar-refractivity contribution in [2.24, 2.45) is 33.5 Å². The van der Waals surface area contributed by atoms with Gasteiger partial charge in [-0.2, -0.15) is 0 Å². The molecule has 2 N–H and O–H groups in total. The number of ether oxygens (including phenoxy) is 3. The molecule has 11 heteroatoms. The number of carbonyl (C=O) groups excluding carboxylic acids is 3. The molecule has 9 unspecified atom stereocenters. The second kappa shape index (κ2) is 11.7. The number of fused-ring (bicyclic) bond motifs is 5. The summed E-state index contributed by atoms with van der Waals surface area (Å²) in [4.78, 5) is 51.6. The molecule has 9 rings (SSSR count). The van der Waals surface area contributed by atoms with Gasteiger partial charge in [-0.15, -0.1) is 0 Å². The van der Waals surface area contributed by atoms with E-state index in [0.29, 0.717) is 60.0 Å². The van der Waals surface area contributed by atoms with Crippen LogP contribution in [0.1, 0.15) is 90.5 Å². The number of allylic oxidation sites excluding steroid dienone is 4. The Labute approximate surface area is 313 Å².